The molecular weight excluding hydrogens is 291 g/mol. The van der Waals surface area contributed by atoms with Crippen LogP contribution in [0.2, 0.25) is 0 Å². The van der Waals surface area contributed by atoms with Crippen molar-refractivity contribution < 1.29 is 27.9 Å². The smallest absolute Gasteiger partial charge is 0.433 e. The first-order valence-corrected chi connectivity index (χ1v) is 6.09. The van der Waals surface area contributed by atoms with Crippen LogP contribution in [0, 0.1) is 12.8 Å². The van der Waals surface area contributed by atoms with Crippen molar-refractivity contribution in [3.63, 3.8) is 0 Å². The van der Waals surface area contributed by atoms with E-state index >= 15 is 0 Å². The van der Waals surface area contributed by atoms with Gasteiger partial charge in [0, 0.05) is 18.7 Å². The Kier molecular flexibility index (Phi) is 3.84. The lowest BCUT2D eigenvalue weighted by atomic mass is 10.1. The molecule has 2 rings (SSSR count). The second kappa shape index (κ2) is 5.30. The number of carboxylic acids is 1. The number of rotatable bonds is 3. The molecule has 0 aliphatic carbocycles. The molecule has 0 saturated carbocycles. The molecule has 6 nitrogen and oxygen atoms in total. The van der Waals surface area contributed by atoms with Crippen LogP contribution in [0.4, 0.5) is 13.2 Å². The Morgan fingerprint density at radius 2 is 2.14 bits per heavy atom. The van der Waals surface area contributed by atoms with E-state index in [1.165, 1.54) is 6.92 Å². The molecule has 1 saturated heterocycles. The molecule has 114 valence electrons. The van der Waals surface area contributed by atoms with Gasteiger partial charge >= 0.3 is 12.1 Å². The minimum absolute atomic E-state index is 0.0488. The van der Waals surface area contributed by atoms with Crippen molar-refractivity contribution in [1.29, 1.82) is 0 Å². The highest BCUT2D eigenvalue weighted by Crippen LogP contribution is 2.28. The molecule has 0 bridgehead atoms. The third kappa shape index (κ3) is 3.47. The van der Waals surface area contributed by atoms with E-state index in [9.17, 15) is 22.8 Å². The Hall–Kier alpha value is -2.19. The number of nitrogens with zero attached hydrogens (tertiary/aromatic N) is 3. The quantitative estimate of drug-likeness (QED) is 0.908. The van der Waals surface area contributed by atoms with Crippen molar-refractivity contribution in [3.05, 3.63) is 23.3 Å². The van der Waals surface area contributed by atoms with E-state index in [1.807, 2.05) is 0 Å². The van der Waals surface area contributed by atoms with Crippen LogP contribution >= 0.6 is 0 Å². The number of likely N-dealkylation sites (tertiary alicyclic amines) is 1. The Morgan fingerprint density at radius 1 is 1.48 bits per heavy atom. The molecule has 1 fully saturated rings. The lowest BCUT2D eigenvalue weighted by Crippen LogP contribution is -2.27. The maximum atomic E-state index is 12.7. The molecule has 21 heavy (non-hydrogen) atoms. The van der Waals surface area contributed by atoms with Crippen LogP contribution in [-0.4, -0.2) is 38.4 Å². The molecular formula is C12H12F3N3O3. The Bertz CT molecular complexity index is 589. The van der Waals surface area contributed by atoms with Gasteiger partial charge in [0.1, 0.15) is 11.5 Å². The number of alkyl halides is 3. The van der Waals surface area contributed by atoms with Crippen molar-refractivity contribution in [2.75, 3.05) is 6.54 Å². The monoisotopic (exact) mass is 303 g/mol. The van der Waals surface area contributed by atoms with E-state index in [0.717, 1.165) is 11.0 Å². The number of carbonyl (C=O) groups excluding carboxylic acids is 1. The molecule has 1 aromatic heterocycles. The molecule has 1 N–H and O–H groups in total. The molecule has 1 aromatic rings. The molecule has 1 unspecified atom stereocenters. The van der Waals surface area contributed by atoms with Crippen molar-refractivity contribution in [2.45, 2.75) is 26.1 Å². The summed E-state index contributed by atoms with van der Waals surface area (Å²) in [6, 6.07) is 0.815. The summed E-state index contributed by atoms with van der Waals surface area (Å²) < 4.78 is 38.0. The maximum absolute atomic E-state index is 12.7. The predicted octanol–water partition coefficient (Wildman–Crippen LogP) is 1.24. The van der Waals surface area contributed by atoms with Gasteiger partial charge in [-0.25, -0.2) is 9.97 Å². The molecule has 2 heterocycles. The lowest BCUT2D eigenvalue weighted by molar-refractivity contribution is -0.142. The van der Waals surface area contributed by atoms with Gasteiger partial charge < -0.3 is 10.0 Å². The van der Waals surface area contributed by atoms with Crippen LogP contribution in [0.1, 0.15) is 23.6 Å². The number of amides is 1. The summed E-state index contributed by atoms with van der Waals surface area (Å²) in [6.07, 6.45) is -4.76. The maximum Gasteiger partial charge on any atom is 0.433 e. The van der Waals surface area contributed by atoms with Crippen LogP contribution in [0.3, 0.4) is 0 Å². The first kappa shape index (κ1) is 15.2. The number of hydrogen-bond donors (Lipinski definition) is 1. The molecule has 0 radical (unpaired) electrons. The summed E-state index contributed by atoms with van der Waals surface area (Å²) in [4.78, 5) is 30.9. The molecule has 0 spiro atoms. The highest BCUT2D eigenvalue weighted by atomic mass is 19.4. The lowest BCUT2D eigenvalue weighted by Gasteiger charge is -2.16. The second-order valence-electron chi connectivity index (χ2n) is 4.82. The van der Waals surface area contributed by atoms with Gasteiger partial charge in [-0.15, -0.1) is 0 Å². The Morgan fingerprint density at radius 3 is 2.67 bits per heavy atom. The van der Waals surface area contributed by atoms with Gasteiger partial charge in [-0.2, -0.15) is 13.2 Å². The van der Waals surface area contributed by atoms with Gasteiger partial charge in [-0.3, -0.25) is 9.59 Å². The molecule has 1 aliphatic rings. The fourth-order valence-corrected chi connectivity index (χ4v) is 2.11. The van der Waals surface area contributed by atoms with Crippen LogP contribution in [0.25, 0.3) is 0 Å². The number of carbonyl (C=O) groups is 2. The first-order valence-electron chi connectivity index (χ1n) is 6.09. The normalized spacial score (nSPS) is 19.1. The van der Waals surface area contributed by atoms with Crippen molar-refractivity contribution in [3.8, 4) is 0 Å². The summed E-state index contributed by atoms with van der Waals surface area (Å²) in [6.45, 7) is 1.12. The third-order valence-electron chi connectivity index (χ3n) is 3.09. The number of aryl methyl sites for hydroxylation is 1. The van der Waals surface area contributed by atoms with Crippen LogP contribution in [0.15, 0.2) is 6.07 Å². The average molecular weight is 303 g/mol. The minimum atomic E-state index is -4.60. The fourth-order valence-electron chi connectivity index (χ4n) is 2.11. The molecule has 9 heteroatoms. The van der Waals surface area contributed by atoms with E-state index in [-0.39, 0.29) is 31.0 Å². The van der Waals surface area contributed by atoms with E-state index in [4.69, 9.17) is 5.11 Å². The van der Waals surface area contributed by atoms with E-state index < -0.39 is 29.7 Å². The van der Waals surface area contributed by atoms with Gasteiger partial charge in [-0.05, 0) is 13.0 Å². The van der Waals surface area contributed by atoms with Crippen molar-refractivity contribution >= 4 is 11.9 Å². The van der Waals surface area contributed by atoms with Crippen molar-refractivity contribution in [2.24, 2.45) is 5.92 Å². The van der Waals surface area contributed by atoms with E-state index in [1.54, 1.807) is 0 Å². The number of aliphatic carboxylic acids is 1. The van der Waals surface area contributed by atoms with Gasteiger partial charge in [0.2, 0.25) is 5.91 Å². The van der Waals surface area contributed by atoms with E-state index in [0.29, 0.717) is 0 Å². The van der Waals surface area contributed by atoms with E-state index in [2.05, 4.69) is 9.97 Å². The molecule has 1 aliphatic heterocycles. The van der Waals surface area contributed by atoms with Crippen molar-refractivity contribution in [1.82, 2.24) is 14.9 Å². The predicted molar refractivity (Wildman–Crippen MR) is 62.9 cm³/mol. The molecule has 1 amide bonds. The van der Waals surface area contributed by atoms with Gasteiger partial charge in [-0.1, -0.05) is 0 Å². The standard InChI is InChI=1S/C12H12F3N3O3/c1-6-2-8(12(13,14)15)17-9(16-6)5-18-4-7(11(20)21)3-10(18)19/h2,7H,3-5H2,1H3,(H,20,21). The minimum Gasteiger partial charge on any atom is -0.481 e. The number of aromatic nitrogens is 2. The molecule has 0 aromatic carbocycles. The fraction of sp³-hybridized carbons (Fsp3) is 0.500. The first-order chi connectivity index (χ1) is 9.66. The number of carboxylic acid groups (broad SMARTS) is 1. The topological polar surface area (TPSA) is 83.4 Å². The van der Waals surface area contributed by atoms with Crippen LogP contribution in [0.5, 0.6) is 0 Å². The van der Waals surface area contributed by atoms with Gasteiger partial charge in [0.05, 0.1) is 12.5 Å². The summed E-state index contributed by atoms with van der Waals surface area (Å²) >= 11 is 0. The third-order valence-corrected chi connectivity index (χ3v) is 3.09. The van der Waals surface area contributed by atoms with Gasteiger partial charge in [0.25, 0.3) is 0 Å². The molecule has 1 atom stereocenters. The van der Waals surface area contributed by atoms with Gasteiger partial charge in [0.15, 0.2) is 0 Å². The summed E-state index contributed by atoms with van der Waals surface area (Å²) in [7, 11) is 0. The average Bonchev–Trinajstić information content (AvgIpc) is 2.69. The highest BCUT2D eigenvalue weighted by Gasteiger charge is 2.36. The van der Waals surface area contributed by atoms with Crippen LogP contribution in [-0.2, 0) is 22.3 Å². The summed E-state index contributed by atoms with van der Waals surface area (Å²) in [5.74, 6) is -2.53. The van der Waals surface area contributed by atoms with Crippen LogP contribution < -0.4 is 0 Å². The Balaban J connectivity index is 2.19. The number of halogens is 3. The zero-order valence-electron chi connectivity index (χ0n) is 11.0. The highest BCUT2D eigenvalue weighted by molar-refractivity contribution is 5.85. The SMILES string of the molecule is Cc1cc(C(F)(F)F)nc(CN2CC(C(=O)O)CC2=O)n1. The Labute approximate surface area is 117 Å². The largest absolute Gasteiger partial charge is 0.481 e. The summed E-state index contributed by atoms with van der Waals surface area (Å²) in [5.41, 5.74) is -0.944. The zero-order valence-corrected chi connectivity index (χ0v) is 11.0. The second-order valence-corrected chi connectivity index (χ2v) is 4.82. The summed E-state index contributed by atoms with van der Waals surface area (Å²) in [5, 5.41) is 8.85. The zero-order chi connectivity index (χ0) is 15.8. The number of hydrogen-bond acceptors (Lipinski definition) is 4.